The Morgan fingerprint density at radius 1 is 1.27 bits per heavy atom. The lowest BCUT2D eigenvalue weighted by Gasteiger charge is -2.34. The summed E-state index contributed by atoms with van der Waals surface area (Å²) < 4.78 is 0. The molecule has 0 radical (unpaired) electrons. The van der Waals surface area contributed by atoms with Crippen molar-refractivity contribution >= 4 is 5.91 Å². The molecule has 1 saturated heterocycles. The van der Waals surface area contributed by atoms with Crippen molar-refractivity contribution in [1.29, 1.82) is 0 Å². The number of hydrogen-bond acceptors (Lipinski definition) is 1. The van der Waals surface area contributed by atoms with Crippen molar-refractivity contribution in [3.8, 4) is 0 Å². The van der Waals surface area contributed by atoms with Gasteiger partial charge in [0.2, 0.25) is 5.91 Å². The Morgan fingerprint density at radius 2 is 1.93 bits per heavy atom. The van der Waals surface area contributed by atoms with Gasteiger partial charge in [0.05, 0.1) is 0 Å². The molecular formula is C13H25NO. The number of hydrogen-bond donors (Lipinski definition) is 0. The number of carbonyl (C=O) groups is 1. The van der Waals surface area contributed by atoms with Gasteiger partial charge in [0.15, 0.2) is 0 Å². The van der Waals surface area contributed by atoms with Crippen LogP contribution >= 0.6 is 0 Å². The molecule has 1 aliphatic heterocycles. The highest BCUT2D eigenvalue weighted by Gasteiger charge is 2.28. The Morgan fingerprint density at radius 3 is 2.47 bits per heavy atom. The second-order valence-corrected chi connectivity index (χ2v) is 5.65. The van der Waals surface area contributed by atoms with E-state index in [2.05, 4.69) is 32.6 Å². The van der Waals surface area contributed by atoms with E-state index in [0.717, 1.165) is 25.9 Å². The summed E-state index contributed by atoms with van der Waals surface area (Å²) in [6, 6.07) is 0. The van der Waals surface area contributed by atoms with Crippen LogP contribution in [0, 0.1) is 17.8 Å². The zero-order valence-corrected chi connectivity index (χ0v) is 10.6. The van der Waals surface area contributed by atoms with E-state index in [0.29, 0.717) is 23.7 Å². The summed E-state index contributed by atoms with van der Waals surface area (Å²) in [5.74, 6) is 1.94. The van der Waals surface area contributed by atoms with E-state index in [1.807, 2.05) is 0 Å². The molecule has 2 nitrogen and oxygen atoms in total. The molecule has 1 atom stereocenters. The van der Waals surface area contributed by atoms with Crippen LogP contribution in [0.3, 0.4) is 0 Å². The van der Waals surface area contributed by atoms with E-state index < -0.39 is 0 Å². The quantitative estimate of drug-likeness (QED) is 0.700. The first kappa shape index (κ1) is 12.5. The average molecular weight is 211 g/mol. The van der Waals surface area contributed by atoms with Gasteiger partial charge in [0, 0.05) is 19.0 Å². The highest BCUT2D eigenvalue weighted by molar-refractivity contribution is 5.79. The number of amides is 1. The molecular weight excluding hydrogens is 186 g/mol. The van der Waals surface area contributed by atoms with E-state index in [1.54, 1.807) is 0 Å². The lowest BCUT2D eigenvalue weighted by atomic mass is 9.88. The molecule has 1 amide bonds. The topological polar surface area (TPSA) is 20.3 Å². The molecule has 0 bridgehead atoms. The van der Waals surface area contributed by atoms with Gasteiger partial charge in [0.1, 0.15) is 0 Å². The maximum absolute atomic E-state index is 12.1. The van der Waals surface area contributed by atoms with E-state index in [1.165, 1.54) is 6.42 Å². The smallest absolute Gasteiger partial charge is 0.225 e. The third kappa shape index (κ3) is 3.84. The number of likely N-dealkylation sites (tertiary alicyclic amines) is 1. The molecule has 0 aliphatic carbocycles. The minimum Gasteiger partial charge on any atom is -0.342 e. The molecule has 1 heterocycles. The van der Waals surface area contributed by atoms with Crippen LogP contribution in [0.5, 0.6) is 0 Å². The van der Waals surface area contributed by atoms with E-state index >= 15 is 0 Å². The van der Waals surface area contributed by atoms with Gasteiger partial charge in [-0.1, -0.05) is 27.7 Å². The maximum Gasteiger partial charge on any atom is 0.225 e. The van der Waals surface area contributed by atoms with Gasteiger partial charge in [0.25, 0.3) is 0 Å². The molecule has 1 aliphatic rings. The summed E-state index contributed by atoms with van der Waals surface area (Å²) in [6.07, 6.45) is 3.36. The molecule has 0 aromatic rings. The van der Waals surface area contributed by atoms with Gasteiger partial charge in [-0.2, -0.15) is 0 Å². The second kappa shape index (κ2) is 5.53. The highest BCUT2D eigenvalue weighted by atomic mass is 16.2. The molecule has 2 heteroatoms. The number of carbonyl (C=O) groups excluding carboxylic acids is 1. The first-order valence-electron chi connectivity index (χ1n) is 6.29. The highest BCUT2D eigenvalue weighted by Crippen LogP contribution is 2.24. The third-order valence-electron chi connectivity index (χ3n) is 2.98. The van der Waals surface area contributed by atoms with Crippen LogP contribution < -0.4 is 0 Å². The Balaban J connectivity index is 2.51. The van der Waals surface area contributed by atoms with Gasteiger partial charge in [-0.15, -0.1) is 0 Å². The van der Waals surface area contributed by atoms with E-state index in [9.17, 15) is 4.79 Å². The molecule has 88 valence electrons. The SMILES string of the molecule is CC(C)CC1CCCN(CC(C)C)C1=O. The summed E-state index contributed by atoms with van der Waals surface area (Å²) in [5.41, 5.74) is 0. The largest absolute Gasteiger partial charge is 0.342 e. The van der Waals surface area contributed by atoms with Crippen LogP contribution in [-0.2, 0) is 4.79 Å². The molecule has 0 aromatic carbocycles. The summed E-state index contributed by atoms with van der Waals surface area (Å²) >= 11 is 0. The number of nitrogens with zero attached hydrogens (tertiary/aromatic N) is 1. The summed E-state index contributed by atoms with van der Waals surface area (Å²) in [6.45, 7) is 10.7. The molecule has 15 heavy (non-hydrogen) atoms. The Labute approximate surface area is 94.0 Å². The van der Waals surface area contributed by atoms with Gasteiger partial charge < -0.3 is 4.90 Å². The fourth-order valence-electron chi connectivity index (χ4n) is 2.43. The molecule has 1 fully saturated rings. The average Bonchev–Trinajstić information content (AvgIpc) is 2.10. The van der Waals surface area contributed by atoms with Crippen molar-refractivity contribution in [1.82, 2.24) is 4.90 Å². The number of piperidine rings is 1. The van der Waals surface area contributed by atoms with Crippen molar-refractivity contribution in [3.05, 3.63) is 0 Å². The monoisotopic (exact) mass is 211 g/mol. The van der Waals surface area contributed by atoms with Crippen molar-refractivity contribution in [2.24, 2.45) is 17.8 Å². The fourth-order valence-corrected chi connectivity index (χ4v) is 2.43. The van der Waals surface area contributed by atoms with Gasteiger partial charge in [-0.3, -0.25) is 4.79 Å². The van der Waals surface area contributed by atoms with Gasteiger partial charge >= 0.3 is 0 Å². The lowest BCUT2D eigenvalue weighted by Crippen LogP contribution is -2.43. The molecule has 0 aromatic heterocycles. The fraction of sp³-hybridized carbons (Fsp3) is 0.923. The second-order valence-electron chi connectivity index (χ2n) is 5.65. The van der Waals surface area contributed by atoms with Crippen LogP contribution in [-0.4, -0.2) is 23.9 Å². The van der Waals surface area contributed by atoms with Gasteiger partial charge in [-0.05, 0) is 31.1 Å². The van der Waals surface area contributed by atoms with Crippen molar-refractivity contribution in [2.45, 2.75) is 47.0 Å². The van der Waals surface area contributed by atoms with Crippen LogP contribution in [0.1, 0.15) is 47.0 Å². The third-order valence-corrected chi connectivity index (χ3v) is 2.98. The lowest BCUT2D eigenvalue weighted by molar-refractivity contribution is -0.139. The van der Waals surface area contributed by atoms with Crippen LogP contribution in [0.15, 0.2) is 0 Å². The minimum absolute atomic E-state index is 0.303. The Kier molecular flexibility index (Phi) is 4.62. The zero-order chi connectivity index (χ0) is 11.4. The van der Waals surface area contributed by atoms with E-state index in [4.69, 9.17) is 0 Å². The maximum atomic E-state index is 12.1. The van der Waals surface area contributed by atoms with E-state index in [-0.39, 0.29) is 0 Å². The van der Waals surface area contributed by atoms with Crippen LogP contribution in [0.2, 0.25) is 0 Å². The standard InChI is InChI=1S/C13H25NO/c1-10(2)8-12-6-5-7-14(13(12)15)9-11(3)4/h10-12H,5-9H2,1-4H3. The Hall–Kier alpha value is -0.530. The molecule has 1 unspecified atom stereocenters. The first-order valence-corrected chi connectivity index (χ1v) is 6.29. The summed E-state index contributed by atoms with van der Waals surface area (Å²) in [5, 5.41) is 0. The predicted molar refractivity (Wildman–Crippen MR) is 63.6 cm³/mol. The summed E-state index contributed by atoms with van der Waals surface area (Å²) in [4.78, 5) is 14.2. The summed E-state index contributed by atoms with van der Waals surface area (Å²) in [7, 11) is 0. The van der Waals surface area contributed by atoms with Gasteiger partial charge in [-0.25, -0.2) is 0 Å². The van der Waals surface area contributed by atoms with Crippen LogP contribution in [0.4, 0.5) is 0 Å². The molecule has 0 N–H and O–H groups in total. The first-order chi connectivity index (χ1) is 7.00. The Bertz CT molecular complexity index is 191. The van der Waals surface area contributed by atoms with Crippen molar-refractivity contribution < 1.29 is 4.79 Å². The minimum atomic E-state index is 0.303. The van der Waals surface area contributed by atoms with Crippen molar-refractivity contribution in [2.75, 3.05) is 13.1 Å². The normalized spacial score (nSPS) is 22.9. The predicted octanol–water partition coefficient (Wildman–Crippen LogP) is 2.93. The van der Waals surface area contributed by atoms with Crippen LogP contribution in [0.25, 0.3) is 0 Å². The molecule has 0 saturated carbocycles. The number of rotatable bonds is 4. The zero-order valence-electron chi connectivity index (χ0n) is 10.6. The molecule has 1 rings (SSSR count). The molecule has 0 spiro atoms. The van der Waals surface area contributed by atoms with Crippen molar-refractivity contribution in [3.63, 3.8) is 0 Å².